The Bertz CT molecular complexity index is 1510. The van der Waals surface area contributed by atoms with E-state index in [1.165, 1.54) is 12.1 Å². The number of rotatable bonds is 8. The summed E-state index contributed by atoms with van der Waals surface area (Å²) in [6, 6.07) is 10.7. The molecule has 0 spiro atoms. The zero-order chi connectivity index (χ0) is 26.0. The highest BCUT2D eigenvalue weighted by Gasteiger charge is 2.20. The van der Waals surface area contributed by atoms with Crippen LogP contribution in [0.2, 0.25) is 0 Å². The molecule has 0 saturated heterocycles. The van der Waals surface area contributed by atoms with Crippen molar-refractivity contribution in [3.63, 3.8) is 0 Å². The number of para-hydroxylation sites is 1. The molecule has 0 unspecified atom stereocenters. The quantitative estimate of drug-likeness (QED) is 0.350. The Morgan fingerprint density at radius 1 is 1.08 bits per heavy atom. The van der Waals surface area contributed by atoms with Crippen LogP contribution in [-0.2, 0) is 11.3 Å². The van der Waals surface area contributed by atoms with Crippen LogP contribution in [0.1, 0.15) is 38.1 Å². The summed E-state index contributed by atoms with van der Waals surface area (Å²) in [6.07, 6.45) is 0. The molecule has 0 aliphatic rings. The number of hydrogen-bond acceptors (Lipinski definition) is 6. The Kier molecular flexibility index (Phi) is 7.39. The first-order chi connectivity index (χ1) is 17.2. The van der Waals surface area contributed by atoms with Crippen molar-refractivity contribution in [3.05, 3.63) is 64.2 Å². The molecule has 0 bridgehead atoms. The highest BCUT2D eigenvalue weighted by Crippen LogP contribution is 2.24. The molecule has 11 heteroatoms. The van der Waals surface area contributed by atoms with Crippen molar-refractivity contribution in [1.82, 2.24) is 24.5 Å². The van der Waals surface area contributed by atoms with Crippen LogP contribution < -0.4 is 16.2 Å². The van der Waals surface area contributed by atoms with Crippen molar-refractivity contribution < 1.29 is 14.0 Å². The van der Waals surface area contributed by atoms with Crippen LogP contribution in [0.15, 0.2) is 52.4 Å². The van der Waals surface area contributed by atoms with Crippen molar-refractivity contribution in [2.75, 3.05) is 11.1 Å². The van der Waals surface area contributed by atoms with E-state index in [1.807, 2.05) is 27.7 Å². The molecule has 0 aliphatic carbocycles. The number of halogens is 1. The minimum atomic E-state index is -0.528. The van der Waals surface area contributed by atoms with E-state index in [4.69, 9.17) is 0 Å². The van der Waals surface area contributed by atoms with Crippen molar-refractivity contribution >= 4 is 45.9 Å². The number of carbonyl (C=O) groups excluding carboxylic acids is 2. The number of nitrogens with zero attached hydrogens (tertiary/aromatic N) is 4. The smallest absolute Gasteiger partial charge is 0.262 e. The summed E-state index contributed by atoms with van der Waals surface area (Å²) in [5.74, 6) is -0.789. The molecule has 0 fully saturated rings. The van der Waals surface area contributed by atoms with Crippen LogP contribution in [0, 0.1) is 11.7 Å². The van der Waals surface area contributed by atoms with Crippen molar-refractivity contribution in [2.24, 2.45) is 5.92 Å². The third kappa shape index (κ3) is 5.25. The third-order valence-corrected chi connectivity index (χ3v) is 6.21. The molecule has 4 aromatic rings. The second-order valence-electron chi connectivity index (χ2n) is 9.10. The number of nitrogens with one attached hydrogen (secondary N) is 2. The fourth-order valence-electron chi connectivity index (χ4n) is 3.77. The molecule has 188 valence electrons. The summed E-state index contributed by atoms with van der Waals surface area (Å²) in [5, 5.41) is 14.7. The van der Waals surface area contributed by atoms with Gasteiger partial charge in [0.15, 0.2) is 5.16 Å². The maximum Gasteiger partial charge on any atom is 0.262 e. The number of benzene rings is 2. The van der Waals surface area contributed by atoms with Crippen LogP contribution >= 0.6 is 11.8 Å². The number of hydrogen-bond donors (Lipinski definition) is 2. The molecule has 2 amide bonds. The van der Waals surface area contributed by atoms with E-state index in [-0.39, 0.29) is 34.9 Å². The Labute approximate surface area is 211 Å². The maximum atomic E-state index is 13.9. The van der Waals surface area contributed by atoms with Gasteiger partial charge in [-0.2, -0.15) is 0 Å². The number of fused-ring (bicyclic) bond motifs is 3. The molecule has 0 saturated carbocycles. The van der Waals surface area contributed by atoms with Gasteiger partial charge < -0.3 is 10.6 Å². The summed E-state index contributed by atoms with van der Waals surface area (Å²) >= 11 is 1.10. The van der Waals surface area contributed by atoms with Gasteiger partial charge in [0.25, 0.3) is 11.5 Å². The van der Waals surface area contributed by atoms with Gasteiger partial charge >= 0.3 is 0 Å². The Hall–Kier alpha value is -3.73. The molecular formula is C25H27FN6O3S. The van der Waals surface area contributed by atoms with Gasteiger partial charge in [0.2, 0.25) is 11.7 Å². The lowest BCUT2D eigenvalue weighted by Gasteiger charge is -2.14. The van der Waals surface area contributed by atoms with Gasteiger partial charge in [-0.3, -0.25) is 23.4 Å². The van der Waals surface area contributed by atoms with Gasteiger partial charge in [-0.15, -0.1) is 10.2 Å². The Morgan fingerprint density at radius 3 is 2.53 bits per heavy atom. The first kappa shape index (κ1) is 25.4. The number of anilines is 1. The Morgan fingerprint density at radius 2 is 1.83 bits per heavy atom. The van der Waals surface area contributed by atoms with Crippen molar-refractivity contribution in [1.29, 1.82) is 0 Å². The molecule has 36 heavy (non-hydrogen) atoms. The summed E-state index contributed by atoms with van der Waals surface area (Å²) in [5.41, 5.74) is 0.711. The van der Waals surface area contributed by atoms with Gasteiger partial charge in [-0.05, 0) is 50.1 Å². The van der Waals surface area contributed by atoms with E-state index >= 15 is 0 Å². The number of carbonyl (C=O) groups is 2. The fourth-order valence-corrected chi connectivity index (χ4v) is 4.51. The summed E-state index contributed by atoms with van der Waals surface area (Å²) in [6.45, 7) is 8.13. The van der Waals surface area contributed by atoms with Crippen molar-refractivity contribution in [2.45, 2.75) is 45.4 Å². The number of aromatic nitrogens is 4. The van der Waals surface area contributed by atoms with E-state index in [2.05, 4.69) is 20.8 Å². The van der Waals surface area contributed by atoms with Crippen LogP contribution in [-0.4, -0.2) is 42.8 Å². The zero-order valence-electron chi connectivity index (χ0n) is 20.4. The molecule has 0 atom stereocenters. The normalized spacial score (nSPS) is 11.5. The number of thioether (sulfide) groups is 1. The second kappa shape index (κ2) is 10.5. The molecule has 2 N–H and O–H groups in total. The minimum absolute atomic E-state index is 0.0544. The van der Waals surface area contributed by atoms with E-state index < -0.39 is 11.7 Å². The predicted molar refractivity (Wildman–Crippen MR) is 138 cm³/mol. The van der Waals surface area contributed by atoms with Crippen LogP contribution in [0.25, 0.3) is 16.7 Å². The molecule has 2 aromatic heterocycles. The predicted octanol–water partition coefficient (Wildman–Crippen LogP) is 3.71. The van der Waals surface area contributed by atoms with Crippen LogP contribution in [0.4, 0.5) is 10.1 Å². The summed E-state index contributed by atoms with van der Waals surface area (Å²) in [7, 11) is 0. The van der Waals surface area contributed by atoms with E-state index in [0.29, 0.717) is 33.9 Å². The lowest BCUT2D eigenvalue weighted by Crippen LogP contribution is -2.30. The summed E-state index contributed by atoms with van der Waals surface area (Å²) < 4.78 is 17.1. The molecule has 2 aromatic carbocycles. The molecule has 0 radical (unpaired) electrons. The average Bonchev–Trinajstić information content (AvgIpc) is 3.25. The average molecular weight is 511 g/mol. The second-order valence-corrected chi connectivity index (χ2v) is 10.0. The standard InChI is InChI=1S/C25H27FN6O3S/c1-14(2)12-31-23(35)17-10-9-16(22(34)27-15(3)4)11-20(17)32-24(31)29-30-25(32)36-13-21(33)28-19-8-6-5-7-18(19)26/h5-11,14-15H,12-13H2,1-4H3,(H,27,34)(H,28,33). The van der Waals surface area contributed by atoms with Gasteiger partial charge in [0, 0.05) is 18.2 Å². The highest BCUT2D eigenvalue weighted by molar-refractivity contribution is 7.99. The fraction of sp³-hybridized carbons (Fsp3) is 0.320. The molecule has 9 nitrogen and oxygen atoms in total. The monoisotopic (exact) mass is 510 g/mol. The minimum Gasteiger partial charge on any atom is -0.350 e. The van der Waals surface area contributed by atoms with E-state index in [1.54, 1.807) is 39.3 Å². The topological polar surface area (TPSA) is 110 Å². The lowest BCUT2D eigenvalue weighted by molar-refractivity contribution is -0.113. The SMILES string of the molecule is CC(C)Cn1c(=O)c2ccc(C(=O)NC(C)C)cc2n2c(SCC(=O)Nc3ccccc3F)nnc12. The molecule has 2 heterocycles. The molecule has 4 rings (SSSR count). The third-order valence-electron chi connectivity index (χ3n) is 5.28. The first-order valence-electron chi connectivity index (χ1n) is 11.6. The van der Waals surface area contributed by atoms with Gasteiger partial charge in [0.05, 0.1) is 22.3 Å². The molecular weight excluding hydrogens is 483 g/mol. The highest BCUT2D eigenvalue weighted by atomic mass is 32.2. The molecule has 0 aliphatic heterocycles. The largest absolute Gasteiger partial charge is 0.350 e. The van der Waals surface area contributed by atoms with Crippen LogP contribution in [0.3, 0.4) is 0 Å². The van der Waals surface area contributed by atoms with Crippen LogP contribution in [0.5, 0.6) is 0 Å². The number of amides is 2. The maximum absolute atomic E-state index is 13.9. The summed E-state index contributed by atoms with van der Waals surface area (Å²) in [4.78, 5) is 38.5. The van der Waals surface area contributed by atoms with E-state index in [0.717, 1.165) is 11.8 Å². The van der Waals surface area contributed by atoms with Crippen molar-refractivity contribution in [3.8, 4) is 0 Å². The lowest BCUT2D eigenvalue weighted by atomic mass is 10.1. The van der Waals surface area contributed by atoms with Gasteiger partial charge in [-0.1, -0.05) is 37.7 Å². The van der Waals surface area contributed by atoms with Gasteiger partial charge in [0.1, 0.15) is 5.82 Å². The first-order valence-corrected chi connectivity index (χ1v) is 12.5. The van der Waals surface area contributed by atoms with E-state index in [9.17, 15) is 18.8 Å². The van der Waals surface area contributed by atoms with Gasteiger partial charge in [-0.25, -0.2) is 4.39 Å². The Balaban J connectivity index is 1.76. The zero-order valence-corrected chi connectivity index (χ0v) is 21.2.